The molecule has 0 saturated heterocycles. The van der Waals surface area contributed by atoms with Gasteiger partial charge in [0.05, 0.1) is 6.04 Å². The van der Waals surface area contributed by atoms with Crippen molar-refractivity contribution in [3.8, 4) is 0 Å². The lowest BCUT2D eigenvalue weighted by molar-refractivity contribution is -0.136. The van der Waals surface area contributed by atoms with Gasteiger partial charge in [-0.25, -0.2) is 0 Å². The summed E-state index contributed by atoms with van der Waals surface area (Å²) in [6.07, 6.45) is 3.84. The van der Waals surface area contributed by atoms with Gasteiger partial charge in [0.1, 0.15) is 0 Å². The number of amides is 1. The van der Waals surface area contributed by atoms with Gasteiger partial charge in [-0.3, -0.25) is 4.79 Å². The Morgan fingerprint density at radius 2 is 1.93 bits per heavy atom. The first-order valence-corrected chi connectivity index (χ1v) is 5.90. The van der Waals surface area contributed by atoms with E-state index in [0.717, 1.165) is 25.7 Å². The summed E-state index contributed by atoms with van der Waals surface area (Å²) in [5.41, 5.74) is 5.77. The van der Waals surface area contributed by atoms with Crippen molar-refractivity contribution in [1.82, 2.24) is 4.90 Å². The zero-order valence-corrected chi connectivity index (χ0v) is 10.8. The minimum atomic E-state index is -0.333. The third-order valence-electron chi connectivity index (χ3n) is 3.29. The summed E-state index contributed by atoms with van der Waals surface area (Å²) in [5.74, 6) is 0.0651. The molecule has 1 amide bonds. The lowest BCUT2D eigenvalue weighted by Gasteiger charge is -2.36. The number of rotatable bonds is 6. The summed E-state index contributed by atoms with van der Waals surface area (Å²) >= 11 is 0. The first-order valence-electron chi connectivity index (χ1n) is 5.90. The highest BCUT2D eigenvalue weighted by Gasteiger charge is 2.28. The van der Waals surface area contributed by atoms with Gasteiger partial charge in [-0.1, -0.05) is 26.7 Å². The SMILES string of the molecule is CCCC[C@H](N)C(=O)N(C)C(C)(C)CC. The summed E-state index contributed by atoms with van der Waals surface area (Å²) in [4.78, 5) is 13.7. The number of carbonyl (C=O) groups excluding carboxylic acids is 1. The highest BCUT2D eigenvalue weighted by molar-refractivity contribution is 5.82. The second-order valence-electron chi connectivity index (χ2n) is 4.81. The van der Waals surface area contributed by atoms with Crippen LogP contribution < -0.4 is 5.73 Å². The van der Waals surface area contributed by atoms with Crippen molar-refractivity contribution in [3.05, 3.63) is 0 Å². The molecule has 0 saturated carbocycles. The molecular formula is C12H26N2O. The van der Waals surface area contributed by atoms with Gasteiger partial charge in [-0.15, -0.1) is 0 Å². The molecule has 0 aromatic rings. The molecule has 0 unspecified atom stereocenters. The van der Waals surface area contributed by atoms with Crippen molar-refractivity contribution in [2.75, 3.05) is 7.05 Å². The molecule has 0 aliphatic heterocycles. The Morgan fingerprint density at radius 1 is 1.40 bits per heavy atom. The van der Waals surface area contributed by atoms with Crippen molar-refractivity contribution in [2.24, 2.45) is 5.73 Å². The van der Waals surface area contributed by atoms with Crippen molar-refractivity contribution < 1.29 is 4.79 Å². The standard InChI is InChI=1S/C12H26N2O/c1-6-8-9-10(13)11(15)14(5)12(3,4)7-2/h10H,6-9,13H2,1-5H3/t10-/m0/s1. The molecule has 0 spiro atoms. The topological polar surface area (TPSA) is 46.3 Å². The predicted molar refractivity (Wildman–Crippen MR) is 64.6 cm³/mol. The van der Waals surface area contributed by atoms with E-state index in [1.807, 2.05) is 7.05 Å². The van der Waals surface area contributed by atoms with Crippen LogP contribution in [-0.4, -0.2) is 29.4 Å². The Kier molecular flexibility index (Phi) is 5.88. The van der Waals surface area contributed by atoms with Crippen LogP contribution in [0.5, 0.6) is 0 Å². The molecule has 0 rings (SSSR count). The number of hydrogen-bond donors (Lipinski definition) is 1. The third-order valence-corrected chi connectivity index (χ3v) is 3.29. The van der Waals surface area contributed by atoms with Crippen LogP contribution in [0.2, 0.25) is 0 Å². The monoisotopic (exact) mass is 214 g/mol. The largest absolute Gasteiger partial charge is 0.339 e. The average molecular weight is 214 g/mol. The molecule has 0 radical (unpaired) electrons. The smallest absolute Gasteiger partial charge is 0.239 e. The van der Waals surface area contributed by atoms with E-state index in [4.69, 9.17) is 5.73 Å². The summed E-state index contributed by atoms with van der Waals surface area (Å²) in [6, 6.07) is -0.333. The Bertz CT molecular complexity index is 202. The van der Waals surface area contributed by atoms with E-state index in [0.29, 0.717) is 0 Å². The van der Waals surface area contributed by atoms with Gasteiger partial charge in [0.15, 0.2) is 0 Å². The summed E-state index contributed by atoms with van der Waals surface area (Å²) < 4.78 is 0. The van der Waals surface area contributed by atoms with E-state index in [9.17, 15) is 4.79 Å². The van der Waals surface area contributed by atoms with Gasteiger partial charge in [0.2, 0.25) is 5.91 Å². The molecule has 0 aliphatic carbocycles. The summed E-state index contributed by atoms with van der Waals surface area (Å²) in [6.45, 7) is 8.33. The Hall–Kier alpha value is -0.570. The van der Waals surface area contributed by atoms with E-state index in [-0.39, 0.29) is 17.5 Å². The number of carbonyl (C=O) groups is 1. The first-order chi connectivity index (χ1) is 6.86. The van der Waals surface area contributed by atoms with Gasteiger partial charge in [-0.2, -0.15) is 0 Å². The molecule has 0 fully saturated rings. The Balaban J connectivity index is 4.31. The van der Waals surface area contributed by atoms with E-state index >= 15 is 0 Å². The zero-order chi connectivity index (χ0) is 12.1. The van der Waals surface area contributed by atoms with E-state index in [1.165, 1.54) is 0 Å². The second-order valence-corrected chi connectivity index (χ2v) is 4.81. The van der Waals surface area contributed by atoms with Crippen LogP contribution in [0.1, 0.15) is 53.4 Å². The van der Waals surface area contributed by atoms with E-state index in [1.54, 1.807) is 4.90 Å². The molecule has 15 heavy (non-hydrogen) atoms. The number of hydrogen-bond acceptors (Lipinski definition) is 2. The van der Waals surface area contributed by atoms with Crippen molar-refractivity contribution in [2.45, 2.75) is 65.0 Å². The quantitative estimate of drug-likeness (QED) is 0.736. The van der Waals surface area contributed by atoms with Crippen LogP contribution in [-0.2, 0) is 4.79 Å². The fourth-order valence-corrected chi connectivity index (χ4v) is 1.33. The molecule has 2 N–H and O–H groups in total. The molecule has 0 bridgehead atoms. The van der Waals surface area contributed by atoms with Crippen molar-refractivity contribution >= 4 is 5.91 Å². The Morgan fingerprint density at radius 3 is 2.33 bits per heavy atom. The lowest BCUT2D eigenvalue weighted by atomic mass is 9.98. The number of nitrogens with zero attached hydrogens (tertiary/aromatic N) is 1. The van der Waals surface area contributed by atoms with Crippen LogP contribution in [0.15, 0.2) is 0 Å². The average Bonchev–Trinajstić information content (AvgIpc) is 2.23. The van der Waals surface area contributed by atoms with E-state index < -0.39 is 0 Å². The molecule has 3 heteroatoms. The fraction of sp³-hybridized carbons (Fsp3) is 0.917. The molecular weight excluding hydrogens is 188 g/mol. The summed E-state index contributed by atoms with van der Waals surface area (Å²) in [7, 11) is 1.84. The highest BCUT2D eigenvalue weighted by atomic mass is 16.2. The maximum Gasteiger partial charge on any atom is 0.239 e. The minimum Gasteiger partial charge on any atom is -0.339 e. The molecule has 1 atom stereocenters. The molecule has 90 valence electrons. The summed E-state index contributed by atoms with van der Waals surface area (Å²) in [5, 5.41) is 0. The van der Waals surface area contributed by atoms with Gasteiger partial charge in [0, 0.05) is 12.6 Å². The first kappa shape index (κ1) is 14.4. The third kappa shape index (κ3) is 4.20. The lowest BCUT2D eigenvalue weighted by Crippen LogP contribution is -2.51. The number of nitrogens with two attached hydrogens (primary N) is 1. The van der Waals surface area contributed by atoms with Crippen molar-refractivity contribution in [3.63, 3.8) is 0 Å². The maximum absolute atomic E-state index is 12.0. The maximum atomic E-state index is 12.0. The van der Waals surface area contributed by atoms with Crippen LogP contribution in [0.4, 0.5) is 0 Å². The minimum absolute atomic E-state index is 0.0651. The van der Waals surface area contributed by atoms with Crippen LogP contribution in [0, 0.1) is 0 Å². The highest BCUT2D eigenvalue weighted by Crippen LogP contribution is 2.17. The second kappa shape index (κ2) is 6.11. The fourth-order valence-electron chi connectivity index (χ4n) is 1.33. The van der Waals surface area contributed by atoms with E-state index in [2.05, 4.69) is 27.7 Å². The predicted octanol–water partition coefficient (Wildman–Crippen LogP) is 2.15. The normalized spacial score (nSPS) is 13.7. The zero-order valence-electron chi connectivity index (χ0n) is 10.8. The molecule has 0 aromatic carbocycles. The van der Waals surface area contributed by atoms with Gasteiger partial charge >= 0.3 is 0 Å². The molecule has 0 heterocycles. The molecule has 3 nitrogen and oxygen atoms in total. The number of likely N-dealkylation sites (N-methyl/N-ethyl adjacent to an activating group) is 1. The van der Waals surface area contributed by atoms with Gasteiger partial charge < -0.3 is 10.6 Å². The van der Waals surface area contributed by atoms with Gasteiger partial charge in [0.25, 0.3) is 0 Å². The van der Waals surface area contributed by atoms with Crippen LogP contribution in [0.25, 0.3) is 0 Å². The molecule has 0 aliphatic rings. The van der Waals surface area contributed by atoms with Crippen molar-refractivity contribution in [1.29, 1.82) is 0 Å². The van der Waals surface area contributed by atoms with Crippen LogP contribution in [0.3, 0.4) is 0 Å². The van der Waals surface area contributed by atoms with Gasteiger partial charge in [-0.05, 0) is 26.7 Å². The Labute approximate surface area is 94.0 Å². The molecule has 0 aromatic heterocycles. The number of unbranched alkanes of at least 4 members (excludes halogenated alkanes) is 1. The van der Waals surface area contributed by atoms with Crippen LogP contribution >= 0.6 is 0 Å².